The molecule has 1 heterocycles. The molecule has 0 saturated carbocycles. The van der Waals surface area contributed by atoms with Gasteiger partial charge in [-0.3, -0.25) is 0 Å². The number of nitriles is 1. The van der Waals surface area contributed by atoms with Crippen molar-refractivity contribution in [2.75, 3.05) is 12.8 Å². The van der Waals surface area contributed by atoms with Gasteiger partial charge < -0.3 is 20.1 Å². The van der Waals surface area contributed by atoms with Crippen molar-refractivity contribution in [3.63, 3.8) is 0 Å². The molecule has 108 valence electrons. The first kappa shape index (κ1) is 14.9. The molecule has 0 atom stereocenters. The molecule has 0 amide bonds. The number of anilines is 1. The maximum atomic E-state index is 11.9. The summed E-state index contributed by atoms with van der Waals surface area (Å²) in [6, 6.07) is 5.31. The summed E-state index contributed by atoms with van der Waals surface area (Å²) < 4.78 is 6.52. The van der Waals surface area contributed by atoms with Crippen molar-refractivity contribution in [1.29, 1.82) is 5.26 Å². The highest BCUT2D eigenvalue weighted by Gasteiger charge is 2.23. The molecule has 1 aromatic carbocycles. The Labute approximate surface area is 129 Å². The molecule has 0 aliphatic rings. The summed E-state index contributed by atoms with van der Waals surface area (Å²) in [4.78, 5) is 11.9. The number of nitrogens with zero attached hydrogens (tertiary/aromatic N) is 2. The average Bonchev–Trinajstić information content (AvgIpc) is 2.78. The Morgan fingerprint density at radius 2 is 2.19 bits per heavy atom. The summed E-state index contributed by atoms with van der Waals surface area (Å²) in [5.74, 6) is -0.753. The zero-order valence-electron chi connectivity index (χ0n) is 11.3. The van der Waals surface area contributed by atoms with Gasteiger partial charge in [-0.25, -0.2) is 4.79 Å². The van der Waals surface area contributed by atoms with Crippen LogP contribution in [0.2, 0.25) is 0 Å². The first-order valence-electron chi connectivity index (χ1n) is 5.89. The zero-order chi connectivity index (χ0) is 15.7. The molecule has 6 nitrogen and oxygen atoms in total. The predicted octanol–water partition coefficient (Wildman–Crippen LogP) is 2.49. The fourth-order valence-electron chi connectivity index (χ4n) is 2.00. The number of phenols is 1. The molecule has 0 unspecified atom stereocenters. The monoisotopic (exact) mass is 349 g/mol. The lowest BCUT2D eigenvalue weighted by atomic mass is 10.2. The molecule has 0 radical (unpaired) electrons. The molecule has 0 aliphatic carbocycles. The summed E-state index contributed by atoms with van der Waals surface area (Å²) in [7, 11) is 1.22. The second-order valence-corrected chi connectivity index (χ2v) is 5.25. The number of halogens is 1. The van der Waals surface area contributed by atoms with E-state index >= 15 is 0 Å². The minimum absolute atomic E-state index is 0.00171. The highest BCUT2D eigenvalue weighted by molar-refractivity contribution is 9.10. The molecule has 2 aromatic rings. The van der Waals surface area contributed by atoms with Gasteiger partial charge in [-0.2, -0.15) is 5.26 Å². The Balaban J connectivity index is 2.82. The number of aromatic hydroxyl groups is 1. The number of aromatic nitrogens is 1. The van der Waals surface area contributed by atoms with Gasteiger partial charge in [0.05, 0.1) is 28.5 Å². The van der Waals surface area contributed by atoms with Gasteiger partial charge in [-0.05, 0) is 40.5 Å². The fraction of sp³-hybridized carbons (Fsp3) is 0.143. The van der Waals surface area contributed by atoms with Gasteiger partial charge in [0, 0.05) is 6.20 Å². The summed E-state index contributed by atoms with van der Waals surface area (Å²) in [6.45, 7) is 1.84. The molecule has 0 bridgehead atoms. The van der Waals surface area contributed by atoms with Gasteiger partial charge >= 0.3 is 5.97 Å². The van der Waals surface area contributed by atoms with Crippen molar-refractivity contribution >= 4 is 27.6 Å². The fourth-order valence-corrected chi connectivity index (χ4v) is 2.57. The van der Waals surface area contributed by atoms with E-state index in [-0.39, 0.29) is 22.7 Å². The largest absolute Gasteiger partial charge is 0.505 e. The Morgan fingerprint density at radius 3 is 2.76 bits per heavy atom. The van der Waals surface area contributed by atoms with Crippen LogP contribution in [0.25, 0.3) is 5.69 Å². The molecule has 2 rings (SSSR count). The maximum absolute atomic E-state index is 11.9. The van der Waals surface area contributed by atoms with E-state index in [1.54, 1.807) is 12.1 Å². The van der Waals surface area contributed by atoms with Crippen molar-refractivity contribution in [3.05, 3.63) is 39.6 Å². The number of aryl methyl sites for hydroxylation is 1. The second kappa shape index (κ2) is 5.50. The van der Waals surface area contributed by atoms with Crippen molar-refractivity contribution in [2.24, 2.45) is 0 Å². The normalized spacial score (nSPS) is 10.2. The number of nitrogen functional groups attached to an aromatic ring is 1. The topological polar surface area (TPSA) is 101 Å². The number of benzene rings is 1. The third-order valence-electron chi connectivity index (χ3n) is 2.99. The van der Waals surface area contributed by atoms with Gasteiger partial charge in [0.25, 0.3) is 0 Å². The van der Waals surface area contributed by atoms with Gasteiger partial charge in [-0.15, -0.1) is 0 Å². The number of hydrogen-bond donors (Lipinski definition) is 2. The van der Waals surface area contributed by atoms with E-state index in [0.29, 0.717) is 10.2 Å². The van der Waals surface area contributed by atoms with Crippen molar-refractivity contribution < 1.29 is 14.6 Å². The highest BCUT2D eigenvalue weighted by Crippen LogP contribution is 2.35. The van der Waals surface area contributed by atoms with Gasteiger partial charge in [0.15, 0.2) is 11.4 Å². The standard InChI is InChI=1S/C14H12BrN3O3/c1-7-3-9(15)13(19)10(4-7)18-6-8(5-16)11(17)12(18)14(20)21-2/h3-4,6,19H,17H2,1-2H3. The van der Waals surface area contributed by atoms with Crippen LogP contribution in [0.1, 0.15) is 21.6 Å². The second-order valence-electron chi connectivity index (χ2n) is 4.39. The van der Waals surface area contributed by atoms with Crippen LogP contribution in [0.5, 0.6) is 5.75 Å². The minimum atomic E-state index is -0.689. The van der Waals surface area contributed by atoms with E-state index in [4.69, 9.17) is 15.7 Å². The molecule has 0 fully saturated rings. The van der Waals surface area contributed by atoms with Crippen molar-refractivity contribution in [2.45, 2.75) is 6.92 Å². The van der Waals surface area contributed by atoms with Gasteiger partial charge in [0.2, 0.25) is 0 Å². The maximum Gasteiger partial charge on any atom is 0.357 e. The molecular weight excluding hydrogens is 338 g/mol. The quantitative estimate of drug-likeness (QED) is 0.811. The number of ether oxygens (including phenoxy) is 1. The van der Waals surface area contributed by atoms with Crippen molar-refractivity contribution in [3.8, 4) is 17.5 Å². The number of methoxy groups -OCH3 is 1. The highest BCUT2D eigenvalue weighted by atomic mass is 79.9. The van der Waals surface area contributed by atoms with E-state index < -0.39 is 5.97 Å². The first-order valence-corrected chi connectivity index (χ1v) is 6.68. The lowest BCUT2D eigenvalue weighted by Gasteiger charge is -2.12. The summed E-state index contributed by atoms with van der Waals surface area (Å²) in [5, 5.41) is 19.3. The summed E-state index contributed by atoms with van der Waals surface area (Å²) >= 11 is 3.24. The number of carbonyl (C=O) groups is 1. The number of esters is 1. The van der Waals surface area contributed by atoms with E-state index in [0.717, 1.165) is 5.56 Å². The lowest BCUT2D eigenvalue weighted by molar-refractivity contribution is 0.0593. The van der Waals surface area contributed by atoms with Crippen LogP contribution in [0, 0.1) is 18.3 Å². The van der Waals surface area contributed by atoms with Gasteiger partial charge in [0.1, 0.15) is 6.07 Å². The molecule has 0 spiro atoms. The molecule has 0 aliphatic heterocycles. The van der Waals surface area contributed by atoms with Crippen LogP contribution in [0.4, 0.5) is 5.69 Å². The SMILES string of the molecule is COC(=O)c1c(N)c(C#N)cn1-c1cc(C)cc(Br)c1O. The number of phenolic OH excluding ortho intramolecular Hbond substituents is 1. The number of carbonyl (C=O) groups excluding carboxylic acids is 1. The minimum Gasteiger partial charge on any atom is -0.505 e. The summed E-state index contributed by atoms with van der Waals surface area (Å²) in [6.07, 6.45) is 1.39. The smallest absolute Gasteiger partial charge is 0.357 e. The Kier molecular flexibility index (Phi) is 3.91. The zero-order valence-corrected chi connectivity index (χ0v) is 12.9. The third kappa shape index (κ3) is 2.45. The molecule has 21 heavy (non-hydrogen) atoms. The van der Waals surface area contributed by atoms with E-state index in [1.165, 1.54) is 17.9 Å². The molecule has 3 N–H and O–H groups in total. The van der Waals surface area contributed by atoms with E-state index in [9.17, 15) is 9.90 Å². The van der Waals surface area contributed by atoms with E-state index in [2.05, 4.69) is 15.9 Å². The first-order chi connectivity index (χ1) is 9.90. The van der Waals surface area contributed by atoms with Crippen LogP contribution >= 0.6 is 15.9 Å². The van der Waals surface area contributed by atoms with Crippen molar-refractivity contribution in [1.82, 2.24) is 4.57 Å². The number of rotatable bonds is 2. The van der Waals surface area contributed by atoms with Crippen LogP contribution in [-0.2, 0) is 4.74 Å². The van der Waals surface area contributed by atoms with Crippen LogP contribution in [-0.4, -0.2) is 22.8 Å². The van der Waals surface area contributed by atoms with Crippen LogP contribution in [0.15, 0.2) is 22.8 Å². The predicted molar refractivity (Wildman–Crippen MR) is 80.3 cm³/mol. The van der Waals surface area contributed by atoms with Crippen LogP contribution < -0.4 is 5.73 Å². The van der Waals surface area contributed by atoms with Crippen LogP contribution in [0.3, 0.4) is 0 Å². The van der Waals surface area contributed by atoms with Gasteiger partial charge in [-0.1, -0.05) is 0 Å². The molecule has 1 aromatic heterocycles. The average molecular weight is 350 g/mol. The summed E-state index contributed by atoms with van der Waals surface area (Å²) in [5.41, 5.74) is 7.15. The molecule has 0 saturated heterocycles. The molecular formula is C14H12BrN3O3. The third-order valence-corrected chi connectivity index (χ3v) is 3.60. The number of hydrogen-bond acceptors (Lipinski definition) is 5. The van der Waals surface area contributed by atoms with E-state index in [1.807, 2.05) is 13.0 Å². The Morgan fingerprint density at radius 1 is 1.52 bits per heavy atom. The number of nitrogens with two attached hydrogens (primary N) is 1. The Hall–Kier alpha value is -2.46. The Bertz CT molecular complexity index is 775. The lowest BCUT2D eigenvalue weighted by Crippen LogP contribution is -2.11. The molecule has 7 heteroatoms.